The second kappa shape index (κ2) is 9.92. The third kappa shape index (κ3) is 9.69. The summed E-state index contributed by atoms with van der Waals surface area (Å²) in [6.45, 7) is 6.61. The Kier molecular flexibility index (Phi) is 9.52. The van der Waals surface area contributed by atoms with Crippen LogP contribution in [0.3, 0.4) is 0 Å². The minimum Gasteiger partial charge on any atom is -0.462 e. The number of hydrogen-bond acceptors (Lipinski definition) is 3. The van der Waals surface area contributed by atoms with Gasteiger partial charge in [-0.05, 0) is 19.8 Å². The van der Waals surface area contributed by atoms with Crippen LogP contribution in [0.1, 0.15) is 19.8 Å². The molecule has 0 saturated heterocycles. The van der Waals surface area contributed by atoms with E-state index in [9.17, 15) is 4.79 Å². The minimum atomic E-state index is -0.268. The van der Waals surface area contributed by atoms with Crippen molar-refractivity contribution < 1.29 is 14.3 Å². The van der Waals surface area contributed by atoms with Gasteiger partial charge in [-0.15, -0.1) is 0 Å². The van der Waals surface area contributed by atoms with Gasteiger partial charge in [-0.3, -0.25) is 0 Å². The van der Waals surface area contributed by atoms with E-state index >= 15 is 0 Å². The zero-order chi connectivity index (χ0) is 11.5. The molecule has 0 heterocycles. The van der Waals surface area contributed by atoms with Gasteiger partial charge in [-0.25, -0.2) is 4.79 Å². The predicted octanol–water partition coefficient (Wildman–Crippen LogP) is 1.54. The first-order chi connectivity index (χ1) is 7.18. The molecule has 0 aromatic carbocycles. The highest BCUT2D eigenvalue weighted by molar-refractivity contribution is 6.35. The van der Waals surface area contributed by atoms with Crippen molar-refractivity contribution in [2.45, 2.75) is 31.9 Å². The second-order valence-electron chi connectivity index (χ2n) is 3.68. The summed E-state index contributed by atoms with van der Waals surface area (Å²) in [6.07, 6.45) is 2.17. The molecule has 0 aliphatic heterocycles. The van der Waals surface area contributed by atoms with Crippen molar-refractivity contribution in [3.05, 3.63) is 12.2 Å². The summed E-state index contributed by atoms with van der Waals surface area (Å²) in [5.41, 5.74) is 0.479. The predicted molar refractivity (Wildman–Crippen MR) is 65.0 cm³/mol. The van der Waals surface area contributed by atoms with Crippen LogP contribution in [0.2, 0.25) is 12.1 Å². The lowest BCUT2D eigenvalue weighted by molar-refractivity contribution is -0.138. The van der Waals surface area contributed by atoms with Gasteiger partial charge in [0.05, 0.1) is 6.61 Å². The Morgan fingerprint density at radius 1 is 1.27 bits per heavy atom. The Morgan fingerprint density at radius 2 is 1.87 bits per heavy atom. The van der Waals surface area contributed by atoms with Crippen LogP contribution in [-0.2, 0) is 14.3 Å². The monoisotopic (exact) mass is 230 g/mol. The number of carbonyl (C=O) groups excluding carboxylic acids is 1. The van der Waals surface area contributed by atoms with Crippen LogP contribution in [0.15, 0.2) is 12.2 Å². The number of carbonyl (C=O) groups is 1. The van der Waals surface area contributed by atoms with Crippen molar-refractivity contribution in [3.63, 3.8) is 0 Å². The summed E-state index contributed by atoms with van der Waals surface area (Å²) in [5.74, 6) is -0.268. The standard InChI is InChI=1S/C11H22O3Si/c1-10(2)11(12)14-7-5-9-15-8-4-6-13-3/h1,4-9,15H2,2-3H3. The van der Waals surface area contributed by atoms with Gasteiger partial charge in [0.15, 0.2) is 0 Å². The highest BCUT2D eigenvalue weighted by Gasteiger charge is 2.01. The van der Waals surface area contributed by atoms with Gasteiger partial charge in [0.1, 0.15) is 0 Å². The van der Waals surface area contributed by atoms with Crippen LogP contribution >= 0.6 is 0 Å². The Bertz CT molecular complexity index is 192. The van der Waals surface area contributed by atoms with E-state index in [4.69, 9.17) is 9.47 Å². The molecule has 0 spiro atoms. The van der Waals surface area contributed by atoms with E-state index < -0.39 is 0 Å². The Morgan fingerprint density at radius 3 is 2.40 bits per heavy atom. The normalized spacial score (nSPS) is 10.8. The van der Waals surface area contributed by atoms with Crippen LogP contribution in [0.4, 0.5) is 0 Å². The second-order valence-corrected chi connectivity index (χ2v) is 5.80. The molecule has 15 heavy (non-hydrogen) atoms. The molecule has 0 bridgehead atoms. The van der Waals surface area contributed by atoms with E-state index in [0.717, 1.165) is 13.0 Å². The first kappa shape index (κ1) is 14.4. The van der Waals surface area contributed by atoms with Gasteiger partial charge in [0.2, 0.25) is 0 Å². The van der Waals surface area contributed by atoms with Gasteiger partial charge in [0, 0.05) is 28.8 Å². The fourth-order valence-corrected chi connectivity index (χ4v) is 2.64. The summed E-state index contributed by atoms with van der Waals surface area (Å²) >= 11 is 0. The number of ether oxygens (including phenoxy) is 2. The summed E-state index contributed by atoms with van der Waals surface area (Å²) in [6, 6.07) is 2.56. The van der Waals surface area contributed by atoms with Crippen LogP contribution in [-0.4, -0.2) is 35.8 Å². The first-order valence-electron chi connectivity index (χ1n) is 5.50. The molecule has 0 saturated carbocycles. The highest BCUT2D eigenvalue weighted by Crippen LogP contribution is 1.99. The fraction of sp³-hybridized carbons (Fsp3) is 0.727. The summed E-state index contributed by atoms with van der Waals surface area (Å²) in [4.78, 5) is 11.0. The Labute approximate surface area is 94.7 Å². The van der Waals surface area contributed by atoms with Crippen LogP contribution in [0.25, 0.3) is 0 Å². The maximum Gasteiger partial charge on any atom is 0.333 e. The summed E-state index contributed by atoms with van der Waals surface area (Å²) in [5, 5.41) is 0. The van der Waals surface area contributed by atoms with E-state index in [0.29, 0.717) is 12.2 Å². The van der Waals surface area contributed by atoms with Crippen LogP contribution in [0.5, 0.6) is 0 Å². The number of methoxy groups -OCH3 is 1. The average molecular weight is 230 g/mol. The molecule has 0 fully saturated rings. The van der Waals surface area contributed by atoms with Crippen LogP contribution < -0.4 is 0 Å². The maximum absolute atomic E-state index is 11.0. The molecular formula is C11H22O3Si. The largest absolute Gasteiger partial charge is 0.462 e. The SMILES string of the molecule is C=C(C)C(=O)OCCC[SiH2]CCCOC. The molecular weight excluding hydrogens is 208 g/mol. The van der Waals surface area contributed by atoms with Crippen molar-refractivity contribution >= 4 is 15.5 Å². The molecule has 88 valence electrons. The lowest BCUT2D eigenvalue weighted by atomic mass is 10.4. The third-order valence-corrected chi connectivity index (χ3v) is 4.07. The van der Waals surface area contributed by atoms with Crippen molar-refractivity contribution in [3.8, 4) is 0 Å². The molecule has 0 rings (SSSR count). The maximum atomic E-state index is 11.0. The van der Waals surface area contributed by atoms with Crippen molar-refractivity contribution in [2.75, 3.05) is 20.3 Å². The Hall–Kier alpha value is -0.613. The van der Waals surface area contributed by atoms with E-state index in [1.165, 1.54) is 18.5 Å². The molecule has 0 aliphatic rings. The van der Waals surface area contributed by atoms with Gasteiger partial charge >= 0.3 is 5.97 Å². The average Bonchev–Trinajstić information content (AvgIpc) is 2.21. The van der Waals surface area contributed by atoms with Gasteiger partial charge in [-0.2, -0.15) is 0 Å². The number of hydrogen-bond donors (Lipinski definition) is 0. The van der Waals surface area contributed by atoms with Gasteiger partial charge in [-0.1, -0.05) is 18.7 Å². The molecule has 0 aromatic rings. The lowest BCUT2D eigenvalue weighted by Gasteiger charge is -2.03. The molecule has 0 amide bonds. The first-order valence-corrected chi connectivity index (χ1v) is 7.50. The highest BCUT2D eigenvalue weighted by atomic mass is 28.2. The molecule has 0 atom stereocenters. The summed E-state index contributed by atoms with van der Waals surface area (Å²) in [7, 11) is 1.77. The van der Waals surface area contributed by atoms with E-state index in [1.807, 2.05) is 0 Å². The van der Waals surface area contributed by atoms with Crippen molar-refractivity contribution in [1.82, 2.24) is 0 Å². The molecule has 0 N–H and O–H groups in total. The van der Waals surface area contributed by atoms with Crippen LogP contribution in [0, 0.1) is 0 Å². The molecule has 4 heteroatoms. The molecule has 0 aromatic heterocycles. The zero-order valence-corrected chi connectivity index (χ0v) is 11.3. The smallest absolute Gasteiger partial charge is 0.333 e. The number of esters is 1. The lowest BCUT2D eigenvalue weighted by Crippen LogP contribution is -2.06. The Balaban J connectivity index is 3.11. The summed E-state index contributed by atoms with van der Waals surface area (Å²) < 4.78 is 9.96. The topological polar surface area (TPSA) is 35.5 Å². The molecule has 3 nitrogen and oxygen atoms in total. The molecule has 0 aliphatic carbocycles. The van der Waals surface area contributed by atoms with Crippen molar-refractivity contribution in [1.29, 1.82) is 0 Å². The van der Waals surface area contributed by atoms with E-state index in [-0.39, 0.29) is 15.5 Å². The van der Waals surface area contributed by atoms with E-state index in [1.54, 1.807) is 14.0 Å². The van der Waals surface area contributed by atoms with Crippen molar-refractivity contribution in [2.24, 2.45) is 0 Å². The third-order valence-electron chi connectivity index (χ3n) is 2.07. The molecule has 0 unspecified atom stereocenters. The van der Waals surface area contributed by atoms with Gasteiger partial charge < -0.3 is 9.47 Å². The fourth-order valence-electron chi connectivity index (χ4n) is 1.17. The minimum absolute atomic E-state index is 0.0330. The quantitative estimate of drug-likeness (QED) is 0.261. The number of rotatable bonds is 9. The zero-order valence-electron chi connectivity index (χ0n) is 9.88. The molecule has 0 radical (unpaired) electrons. The van der Waals surface area contributed by atoms with E-state index in [2.05, 4.69) is 6.58 Å². The van der Waals surface area contributed by atoms with Gasteiger partial charge in [0.25, 0.3) is 0 Å².